The van der Waals surface area contributed by atoms with Gasteiger partial charge in [0.15, 0.2) is 0 Å². The number of fused-ring (bicyclic) bond motifs is 1. The van der Waals surface area contributed by atoms with Crippen molar-refractivity contribution in [3.05, 3.63) is 29.1 Å². The second kappa shape index (κ2) is 5.36. The summed E-state index contributed by atoms with van der Waals surface area (Å²) in [5, 5.41) is 9.09. The maximum Gasteiger partial charge on any atom is 0.321 e. The molecule has 19 heavy (non-hydrogen) atoms. The van der Waals surface area contributed by atoms with Crippen LogP contribution in [0, 0.1) is 5.82 Å². The van der Waals surface area contributed by atoms with Gasteiger partial charge in [-0.15, -0.1) is 0 Å². The highest BCUT2D eigenvalue weighted by Crippen LogP contribution is 2.31. The fourth-order valence-electron chi connectivity index (χ4n) is 2.30. The van der Waals surface area contributed by atoms with Gasteiger partial charge in [-0.25, -0.2) is 4.39 Å². The van der Waals surface area contributed by atoms with Gasteiger partial charge in [-0.05, 0) is 11.6 Å². The molecule has 102 valence electrons. The van der Waals surface area contributed by atoms with E-state index in [0.717, 1.165) is 0 Å². The molecule has 2 rings (SSSR count). The van der Waals surface area contributed by atoms with Crippen molar-refractivity contribution in [2.24, 2.45) is 0 Å². The molecule has 0 bridgehead atoms. The predicted octanol–water partition coefficient (Wildman–Crippen LogP) is 1.19. The highest BCUT2D eigenvalue weighted by atomic mass is 19.1. The molecule has 1 heterocycles. The monoisotopic (exact) mass is 267 g/mol. The van der Waals surface area contributed by atoms with Crippen molar-refractivity contribution in [2.75, 3.05) is 7.11 Å². The Kier molecular flexibility index (Phi) is 3.80. The van der Waals surface area contributed by atoms with Crippen LogP contribution in [0.1, 0.15) is 17.5 Å². The van der Waals surface area contributed by atoms with Crippen LogP contribution < -0.4 is 4.74 Å². The van der Waals surface area contributed by atoms with E-state index in [9.17, 15) is 14.0 Å². The third kappa shape index (κ3) is 2.58. The standard InChI is InChI=1S/C13H14FNO4/c1-19-9-4-8-6-15(7-10(8)11(14)5-9)12(2-3-16)13(17)18/h3-5,12H,2,6-7H2,1H3,(H,17,18). The van der Waals surface area contributed by atoms with Gasteiger partial charge in [-0.2, -0.15) is 0 Å². The number of hydrogen-bond acceptors (Lipinski definition) is 4. The van der Waals surface area contributed by atoms with Crippen molar-refractivity contribution >= 4 is 12.3 Å². The van der Waals surface area contributed by atoms with Gasteiger partial charge in [0.25, 0.3) is 0 Å². The molecule has 5 nitrogen and oxygen atoms in total. The predicted molar refractivity (Wildman–Crippen MR) is 64.3 cm³/mol. The third-order valence-electron chi connectivity index (χ3n) is 3.28. The van der Waals surface area contributed by atoms with Gasteiger partial charge in [0.2, 0.25) is 0 Å². The molecule has 0 aromatic heterocycles. The van der Waals surface area contributed by atoms with E-state index in [0.29, 0.717) is 29.7 Å². The summed E-state index contributed by atoms with van der Waals surface area (Å²) in [6.07, 6.45) is 0.459. The number of aliphatic carboxylic acids is 1. The molecule has 0 saturated heterocycles. The van der Waals surface area contributed by atoms with Crippen LogP contribution in [0.4, 0.5) is 4.39 Å². The molecule has 0 fully saturated rings. The molecule has 1 aromatic rings. The van der Waals surface area contributed by atoms with Crippen molar-refractivity contribution in [2.45, 2.75) is 25.6 Å². The van der Waals surface area contributed by atoms with Crippen molar-refractivity contribution in [3.63, 3.8) is 0 Å². The fraction of sp³-hybridized carbons (Fsp3) is 0.385. The van der Waals surface area contributed by atoms with Gasteiger partial charge in [0, 0.05) is 31.1 Å². The van der Waals surface area contributed by atoms with E-state index in [2.05, 4.69) is 0 Å². The van der Waals surface area contributed by atoms with E-state index < -0.39 is 17.8 Å². The van der Waals surface area contributed by atoms with Crippen LogP contribution in [0.3, 0.4) is 0 Å². The first-order chi connectivity index (χ1) is 9.06. The number of rotatable bonds is 5. The second-order valence-electron chi connectivity index (χ2n) is 4.41. The quantitative estimate of drug-likeness (QED) is 0.812. The summed E-state index contributed by atoms with van der Waals surface area (Å²) in [7, 11) is 1.44. The number of carboxylic acids is 1. The number of carbonyl (C=O) groups excluding carboxylic acids is 1. The molecule has 1 N–H and O–H groups in total. The summed E-state index contributed by atoms with van der Waals surface area (Å²) in [5.41, 5.74) is 1.17. The normalized spacial score (nSPS) is 15.9. The summed E-state index contributed by atoms with van der Waals surface area (Å²) in [4.78, 5) is 23.2. The lowest BCUT2D eigenvalue weighted by molar-refractivity contribution is -0.144. The van der Waals surface area contributed by atoms with E-state index in [4.69, 9.17) is 9.84 Å². The molecule has 1 aliphatic rings. The molecule has 0 saturated carbocycles. The Balaban J connectivity index is 2.26. The zero-order valence-corrected chi connectivity index (χ0v) is 10.4. The molecule has 0 aliphatic carbocycles. The van der Waals surface area contributed by atoms with E-state index in [-0.39, 0.29) is 13.0 Å². The SMILES string of the molecule is COc1cc(F)c2c(c1)CN(C(CC=O)C(=O)O)C2. The first-order valence-electron chi connectivity index (χ1n) is 5.82. The van der Waals surface area contributed by atoms with Crippen LogP contribution in [-0.4, -0.2) is 35.4 Å². The first-order valence-corrected chi connectivity index (χ1v) is 5.82. The summed E-state index contributed by atoms with van der Waals surface area (Å²) < 4.78 is 18.8. The minimum absolute atomic E-state index is 0.109. The zero-order chi connectivity index (χ0) is 14.0. The largest absolute Gasteiger partial charge is 0.497 e. The number of benzene rings is 1. The van der Waals surface area contributed by atoms with Gasteiger partial charge >= 0.3 is 5.97 Å². The van der Waals surface area contributed by atoms with E-state index in [1.165, 1.54) is 13.2 Å². The van der Waals surface area contributed by atoms with Gasteiger partial charge in [0.1, 0.15) is 23.9 Å². The number of hydrogen-bond donors (Lipinski definition) is 1. The van der Waals surface area contributed by atoms with Crippen LogP contribution in [0.2, 0.25) is 0 Å². The summed E-state index contributed by atoms with van der Waals surface area (Å²) in [5.74, 6) is -1.08. The van der Waals surface area contributed by atoms with Crippen LogP contribution in [0.25, 0.3) is 0 Å². The van der Waals surface area contributed by atoms with Crippen LogP contribution >= 0.6 is 0 Å². The van der Waals surface area contributed by atoms with Crippen molar-refractivity contribution in [1.29, 1.82) is 0 Å². The van der Waals surface area contributed by atoms with Crippen LogP contribution in [0.15, 0.2) is 12.1 Å². The second-order valence-corrected chi connectivity index (χ2v) is 4.41. The molecule has 6 heteroatoms. The highest BCUT2D eigenvalue weighted by molar-refractivity contribution is 5.77. The van der Waals surface area contributed by atoms with Crippen molar-refractivity contribution < 1.29 is 23.8 Å². The first kappa shape index (κ1) is 13.5. The van der Waals surface area contributed by atoms with E-state index in [1.807, 2.05) is 0 Å². The van der Waals surface area contributed by atoms with Crippen LogP contribution in [-0.2, 0) is 22.7 Å². The highest BCUT2D eigenvalue weighted by Gasteiger charge is 2.32. The number of methoxy groups -OCH3 is 1. The fourth-order valence-corrected chi connectivity index (χ4v) is 2.30. The minimum Gasteiger partial charge on any atom is -0.497 e. The summed E-state index contributed by atoms with van der Waals surface area (Å²) >= 11 is 0. The van der Waals surface area contributed by atoms with E-state index >= 15 is 0 Å². The van der Waals surface area contributed by atoms with Gasteiger partial charge < -0.3 is 14.6 Å². The Bertz CT molecular complexity index is 518. The maximum absolute atomic E-state index is 13.8. The number of aldehydes is 1. The lowest BCUT2D eigenvalue weighted by atomic mass is 10.1. The molecular formula is C13H14FNO4. The maximum atomic E-state index is 13.8. The molecule has 0 spiro atoms. The Labute approximate surface area is 109 Å². The topological polar surface area (TPSA) is 66.8 Å². The summed E-state index contributed by atoms with van der Waals surface area (Å²) in [6.45, 7) is 0.490. The number of halogens is 1. The average Bonchev–Trinajstić information content (AvgIpc) is 2.79. The smallest absolute Gasteiger partial charge is 0.321 e. The third-order valence-corrected chi connectivity index (χ3v) is 3.28. The number of carboxylic acid groups (broad SMARTS) is 1. The van der Waals surface area contributed by atoms with Gasteiger partial charge in [-0.3, -0.25) is 9.69 Å². The van der Waals surface area contributed by atoms with Crippen LogP contribution in [0.5, 0.6) is 5.75 Å². The Morgan fingerprint density at radius 3 is 2.89 bits per heavy atom. The van der Waals surface area contributed by atoms with Crippen molar-refractivity contribution in [1.82, 2.24) is 4.90 Å². The Hall–Kier alpha value is -1.95. The molecule has 1 aromatic carbocycles. The van der Waals surface area contributed by atoms with Gasteiger partial charge in [-0.1, -0.05) is 0 Å². The Morgan fingerprint density at radius 2 is 2.32 bits per heavy atom. The number of ether oxygens (including phenoxy) is 1. The van der Waals surface area contributed by atoms with E-state index in [1.54, 1.807) is 11.0 Å². The molecule has 1 aliphatic heterocycles. The summed E-state index contributed by atoms with van der Waals surface area (Å²) in [6, 6.07) is 2.05. The minimum atomic E-state index is -1.08. The average molecular weight is 267 g/mol. The molecule has 1 unspecified atom stereocenters. The zero-order valence-electron chi connectivity index (χ0n) is 10.4. The van der Waals surface area contributed by atoms with Gasteiger partial charge in [0.05, 0.1) is 7.11 Å². The van der Waals surface area contributed by atoms with Crippen molar-refractivity contribution in [3.8, 4) is 5.75 Å². The lowest BCUT2D eigenvalue weighted by Gasteiger charge is -2.21. The molecule has 1 atom stereocenters. The number of carbonyl (C=O) groups is 2. The molecule has 0 amide bonds. The Morgan fingerprint density at radius 1 is 1.58 bits per heavy atom. The molecular weight excluding hydrogens is 253 g/mol. The molecule has 0 radical (unpaired) electrons. The lowest BCUT2D eigenvalue weighted by Crippen LogP contribution is -2.37. The number of nitrogens with zero attached hydrogens (tertiary/aromatic N) is 1.